The molecule has 0 unspecified atom stereocenters. The summed E-state index contributed by atoms with van der Waals surface area (Å²) in [6, 6.07) is 12.7. The summed E-state index contributed by atoms with van der Waals surface area (Å²) in [6.07, 6.45) is 2.59. The maximum Gasteiger partial charge on any atom is 0.410 e. The number of amides is 2. The third kappa shape index (κ3) is 5.68. The molecule has 36 heavy (non-hydrogen) atoms. The Bertz CT molecular complexity index is 1270. The lowest BCUT2D eigenvalue weighted by Gasteiger charge is -2.34. The number of carbonyl (C=O) groups excluding carboxylic acids is 2. The molecule has 2 amide bonds. The molecule has 7 nitrogen and oxygen atoms in total. The zero-order valence-electron chi connectivity index (χ0n) is 20.8. The second-order valence-electron chi connectivity index (χ2n) is 9.91. The smallest absolute Gasteiger partial charge is 0.410 e. The number of piperidine rings is 1. The average Bonchev–Trinajstić information content (AvgIpc) is 3.26. The Morgan fingerprint density at radius 2 is 1.69 bits per heavy atom. The van der Waals surface area contributed by atoms with Crippen LogP contribution in [-0.2, 0) is 4.74 Å². The number of carbonyl (C=O) groups is 2. The number of nitrogens with zero attached hydrogens (tertiary/aromatic N) is 3. The van der Waals surface area contributed by atoms with Crippen LogP contribution in [0.2, 0.25) is 10.0 Å². The molecule has 1 aliphatic rings. The fourth-order valence-corrected chi connectivity index (χ4v) is 4.71. The van der Waals surface area contributed by atoms with E-state index >= 15 is 0 Å². The second-order valence-corrected chi connectivity index (χ2v) is 10.7. The number of likely N-dealkylation sites (tertiary alicyclic amines) is 1. The first-order valence-corrected chi connectivity index (χ1v) is 12.7. The zero-order chi connectivity index (χ0) is 26.0. The molecule has 0 spiro atoms. The van der Waals surface area contributed by atoms with Crippen LogP contribution in [0, 0.1) is 6.92 Å². The number of halogens is 2. The first-order chi connectivity index (χ1) is 17.0. The predicted octanol–water partition coefficient (Wildman–Crippen LogP) is 6.85. The van der Waals surface area contributed by atoms with E-state index in [-0.39, 0.29) is 17.9 Å². The highest BCUT2D eigenvalue weighted by atomic mass is 35.5. The van der Waals surface area contributed by atoms with Gasteiger partial charge in [0.1, 0.15) is 5.60 Å². The second kappa shape index (κ2) is 10.5. The SMILES string of the molecule is Cc1c(Cl)cccc1-n1ncc(C(=O)Nc2ccccc2Cl)c1C1CCN(C(=O)OC(C)(C)C)CC1. The van der Waals surface area contributed by atoms with E-state index in [0.717, 1.165) is 16.9 Å². The van der Waals surface area contributed by atoms with Gasteiger partial charge < -0.3 is 15.0 Å². The monoisotopic (exact) mass is 528 g/mol. The number of ether oxygens (including phenoxy) is 1. The van der Waals surface area contributed by atoms with Crippen molar-refractivity contribution in [3.8, 4) is 5.69 Å². The van der Waals surface area contributed by atoms with E-state index in [9.17, 15) is 9.59 Å². The Labute approximate surface area is 221 Å². The molecule has 0 radical (unpaired) electrons. The van der Waals surface area contributed by atoms with E-state index in [1.165, 1.54) is 0 Å². The molecule has 190 valence electrons. The fourth-order valence-electron chi connectivity index (χ4n) is 4.36. The normalized spacial score (nSPS) is 14.6. The van der Waals surface area contributed by atoms with E-state index in [0.29, 0.717) is 47.2 Å². The van der Waals surface area contributed by atoms with Crippen molar-refractivity contribution in [2.45, 2.75) is 52.1 Å². The minimum atomic E-state index is -0.555. The Hall–Kier alpha value is -3.03. The van der Waals surface area contributed by atoms with Gasteiger partial charge in [0.25, 0.3) is 5.91 Å². The summed E-state index contributed by atoms with van der Waals surface area (Å²) >= 11 is 12.7. The first-order valence-electron chi connectivity index (χ1n) is 11.9. The summed E-state index contributed by atoms with van der Waals surface area (Å²) in [5, 5.41) is 8.60. The quantitative estimate of drug-likeness (QED) is 0.401. The lowest BCUT2D eigenvalue weighted by molar-refractivity contribution is 0.0203. The van der Waals surface area contributed by atoms with E-state index in [1.54, 1.807) is 27.9 Å². The molecule has 0 saturated carbocycles. The van der Waals surface area contributed by atoms with Gasteiger partial charge in [-0.1, -0.05) is 41.4 Å². The molecule has 3 aromatic rings. The number of rotatable bonds is 4. The van der Waals surface area contributed by atoms with Crippen molar-refractivity contribution < 1.29 is 14.3 Å². The molecule has 9 heteroatoms. The molecule has 1 saturated heterocycles. The van der Waals surface area contributed by atoms with Gasteiger partial charge in [-0.3, -0.25) is 4.79 Å². The highest BCUT2D eigenvalue weighted by Gasteiger charge is 2.32. The van der Waals surface area contributed by atoms with Crippen LogP contribution in [0.25, 0.3) is 5.69 Å². The van der Waals surface area contributed by atoms with Crippen molar-refractivity contribution in [2.75, 3.05) is 18.4 Å². The maximum atomic E-state index is 13.4. The summed E-state index contributed by atoms with van der Waals surface area (Å²) in [5.74, 6) is -0.296. The minimum absolute atomic E-state index is 0.00318. The number of para-hydroxylation sites is 1. The molecule has 1 N–H and O–H groups in total. The largest absolute Gasteiger partial charge is 0.444 e. The van der Waals surface area contributed by atoms with Crippen LogP contribution in [0.4, 0.5) is 10.5 Å². The molecular formula is C27H30Cl2N4O3. The lowest BCUT2D eigenvalue weighted by Crippen LogP contribution is -2.41. The maximum absolute atomic E-state index is 13.4. The molecule has 0 atom stereocenters. The number of benzene rings is 2. The van der Waals surface area contributed by atoms with Crippen LogP contribution in [0.3, 0.4) is 0 Å². The van der Waals surface area contributed by atoms with E-state index in [2.05, 4.69) is 10.4 Å². The summed E-state index contributed by atoms with van der Waals surface area (Å²) in [7, 11) is 0. The molecular weight excluding hydrogens is 499 g/mol. The standard InChI is InChI=1S/C27H30Cl2N4O3/c1-17-20(28)9-7-11-23(17)33-24(18-12-14-32(15-13-18)26(35)36-27(2,3)4)19(16-30-33)25(34)31-22-10-6-5-8-21(22)29/h5-11,16,18H,12-15H2,1-4H3,(H,31,34). The van der Waals surface area contributed by atoms with Gasteiger partial charge in [0.15, 0.2) is 0 Å². The highest BCUT2D eigenvalue weighted by Crippen LogP contribution is 2.35. The molecule has 0 bridgehead atoms. The topological polar surface area (TPSA) is 76.5 Å². The van der Waals surface area contributed by atoms with Crippen molar-refractivity contribution in [3.63, 3.8) is 0 Å². The number of hydrogen-bond donors (Lipinski definition) is 1. The van der Waals surface area contributed by atoms with Gasteiger partial charge >= 0.3 is 6.09 Å². The Morgan fingerprint density at radius 1 is 1.03 bits per heavy atom. The van der Waals surface area contributed by atoms with Crippen molar-refractivity contribution in [3.05, 3.63) is 75.5 Å². The molecule has 1 aliphatic heterocycles. The van der Waals surface area contributed by atoms with Gasteiger partial charge in [-0.25, -0.2) is 9.48 Å². The fraction of sp³-hybridized carbons (Fsp3) is 0.370. The van der Waals surface area contributed by atoms with Gasteiger partial charge in [0.2, 0.25) is 0 Å². The van der Waals surface area contributed by atoms with E-state index in [1.807, 2.05) is 58.0 Å². The van der Waals surface area contributed by atoms with Crippen LogP contribution < -0.4 is 5.32 Å². The number of hydrogen-bond acceptors (Lipinski definition) is 4. The van der Waals surface area contributed by atoms with Crippen molar-refractivity contribution >= 4 is 40.9 Å². The van der Waals surface area contributed by atoms with Gasteiger partial charge in [0.05, 0.1) is 33.9 Å². The highest BCUT2D eigenvalue weighted by molar-refractivity contribution is 6.34. The Kier molecular flexibility index (Phi) is 7.62. The van der Waals surface area contributed by atoms with Crippen molar-refractivity contribution in [2.24, 2.45) is 0 Å². The summed E-state index contributed by atoms with van der Waals surface area (Å²) in [4.78, 5) is 27.7. The first kappa shape index (κ1) is 26.0. The van der Waals surface area contributed by atoms with Crippen molar-refractivity contribution in [1.82, 2.24) is 14.7 Å². The third-order valence-electron chi connectivity index (χ3n) is 6.17. The Balaban J connectivity index is 1.66. The van der Waals surface area contributed by atoms with Crippen LogP contribution in [0.5, 0.6) is 0 Å². The molecule has 1 fully saturated rings. The van der Waals surface area contributed by atoms with E-state index in [4.69, 9.17) is 27.9 Å². The van der Waals surface area contributed by atoms with Crippen LogP contribution >= 0.6 is 23.2 Å². The van der Waals surface area contributed by atoms with Gasteiger partial charge in [-0.15, -0.1) is 0 Å². The van der Waals surface area contributed by atoms with Gasteiger partial charge in [-0.2, -0.15) is 5.10 Å². The zero-order valence-corrected chi connectivity index (χ0v) is 22.4. The third-order valence-corrected chi connectivity index (χ3v) is 6.91. The summed E-state index contributed by atoms with van der Waals surface area (Å²) < 4.78 is 7.34. The average molecular weight is 529 g/mol. The number of aromatic nitrogens is 2. The predicted molar refractivity (Wildman–Crippen MR) is 142 cm³/mol. The molecule has 2 aromatic carbocycles. The lowest BCUT2D eigenvalue weighted by atomic mass is 9.90. The van der Waals surface area contributed by atoms with Gasteiger partial charge in [-0.05, 0) is 70.4 Å². The van der Waals surface area contributed by atoms with Crippen LogP contribution in [-0.4, -0.2) is 45.4 Å². The van der Waals surface area contributed by atoms with Gasteiger partial charge in [0, 0.05) is 24.0 Å². The van der Waals surface area contributed by atoms with Crippen LogP contribution in [0.1, 0.15) is 61.1 Å². The number of nitrogens with one attached hydrogen (secondary N) is 1. The molecule has 1 aromatic heterocycles. The summed E-state index contributed by atoms with van der Waals surface area (Å²) in [6.45, 7) is 8.53. The Morgan fingerprint density at radius 3 is 2.36 bits per heavy atom. The minimum Gasteiger partial charge on any atom is -0.444 e. The van der Waals surface area contributed by atoms with E-state index < -0.39 is 5.60 Å². The van der Waals surface area contributed by atoms with Crippen molar-refractivity contribution in [1.29, 1.82) is 0 Å². The van der Waals surface area contributed by atoms with Crippen LogP contribution in [0.15, 0.2) is 48.7 Å². The number of anilines is 1. The molecule has 2 heterocycles. The molecule has 4 rings (SSSR count). The summed E-state index contributed by atoms with van der Waals surface area (Å²) in [5.41, 5.74) is 2.90. The molecule has 0 aliphatic carbocycles.